The molecule has 0 bridgehead atoms. The number of fused-ring (bicyclic) bond motifs is 2. The molecular weight excluding hydrogens is 449 g/mol. The Kier molecular flexibility index (Phi) is 5.16. The highest BCUT2D eigenvalue weighted by Crippen LogP contribution is 2.26. The number of nitrogen functional groups attached to an aromatic ring is 1. The quantitative estimate of drug-likeness (QED) is 0.360. The van der Waals surface area contributed by atoms with Crippen molar-refractivity contribution < 1.29 is 4.79 Å². The SMILES string of the molecule is Nc1ncnc2c1ncn2Cc1cc(Cl)cc2cc(CNC(=O)c3cccc(Cl)c3)[nH]c12. The van der Waals surface area contributed by atoms with Crippen molar-refractivity contribution in [2.24, 2.45) is 0 Å². The van der Waals surface area contributed by atoms with Gasteiger partial charge in [0.2, 0.25) is 0 Å². The van der Waals surface area contributed by atoms with E-state index in [-0.39, 0.29) is 5.91 Å². The van der Waals surface area contributed by atoms with Crippen molar-refractivity contribution in [1.29, 1.82) is 0 Å². The van der Waals surface area contributed by atoms with Crippen LogP contribution in [0.3, 0.4) is 0 Å². The summed E-state index contributed by atoms with van der Waals surface area (Å²) in [5.74, 6) is 0.133. The maximum Gasteiger partial charge on any atom is 0.251 e. The third kappa shape index (κ3) is 3.86. The number of hydrogen-bond donors (Lipinski definition) is 3. The number of nitrogens with one attached hydrogen (secondary N) is 2. The van der Waals surface area contributed by atoms with Gasteiger partial charge in [-0.3, -0.25) is 4.79 Å². The van der Waals surface area contributed by atoms with E-state index in [0.29, 0.717) is 45.7 Å². The summed E-state index contributed by atoms with van der Waals surface area (Å²) in [6, 6.07) is 12.6. The second-order valence-electron chi connectivity index (χ2n) is 7.32. The van der Waals surface area contributed by atoms with Gasteiger partial charge < -0.3 is 20.6 Å². The zero-order valence-electron chi connectivity index (χ0n) is 16.6. The van der Waals surface area contributed by atoms with Crippen LogP contribution in [-0.2, 0) is 13.1 Å². The molecule has 0 aliphatic carbocycles. The topological polar surface area (TPSA) is 115 Å². The van der Waals surface area contributed by atoms with Crippen LogP contribution in [0, 0.1) is 0 Å². The van der Waals surface area contributed by atoms with Crippen LogP contribution in [-0.4, -0.2) is 30.4 Å². The summed E-state index contributed by atoms with van der Waals surface area (Å²) in [5.41, 5.74) is 10.3. The lowest BCUT2D eigenvalue weighted by atomic mass is 10.1. The molecule has 0 atom stereocenters. The van der Waals surface area contributed by atoms with E-state index < -0.39 is 0 Å². The number of aromatic amines is 1. The van der Waals surface area contributed by atoms with E-state index in [1.165, 1.54) is 6.33 Å². The summed E-state index contributed by atoms with van der Waals surface area (Å²) in [4.78, 5) is 28.4. The second kappa shape index (κ2) is 8.14. The molecule has 0 spiro atoms. The number of carbonyl (C=O) groups is 1. The van der Waals surface area contributed by atoms with Gasteiger partial charge in [-0.05, 0) is 42.0 Å². The van der Waals surface area contributed by atoms with Crippen molar-refractivity contribution in [3.63, 3.8) is 0 Å². The molecule has 4 N–H and O–H groups in total. The number of carbonyl (C=O) groups excluding carboxylic acids is 1. The molecule has 0 saturated carbocycles. The molecule has 2 aromatic carbocycles. The van der Waals surface area contributed by atoms with Crippen LogP contribution in [0.25, 0.3) is 22.1 Å². The maximum atomic E-state index is 12.4. The van der Waals surface area contributed by atoms with Crippen LogP contribution < -0.4 is 11.1 Å². The number of hydrogen-bond acceptors (Lipinski definition) is 5. The van der Waals surface area contributed by atoms with Crippen LogP contribution in [0.5, 0.6) is 0 Å². The van der Waals surface area contributed by atoms with E-state index in [1.807, 2.05) is 22.8 Å². The molecule has 3 aromatic heterocycles. The Hall–Kier alpha value is -3.62. The van der Waals surface area contributed by atoms with Gasteiger partial charge in [-0.15, -0.1) is 0 Å². The number of imidazole rings is 1. The van der Waals surface area contributed by atoms with Gasteiger partial charge in [-0.1, -0.05) is 29.3 Å². The molecule has 0 unspecified atom stereocenters. The highest BCUT2D eigenvalue weighted by molar-refractivity contribution is 6.31. The minimum Gasteiger partial charge on any atom is -0.382 e. The average Bonchev–Trinajstić information content (AvgIpc) is 3.37. The molecule has 0 aliphatic heterocycles. The number of nitrogens with zero attached hydrogens (tertiary/aromatic N) is 4. The number of benzene rings is 2. The molecule has 3 heterocycles. The van der Waals surface area contributed by atoms with Crippen LogP contribution in [0.1, 0.15) is 21.6 Å². The van der Waals surface area contributed by atoms with Gasteiger partial charge in [-0.25, -0.2) is 15.0 Å². The van der Waals surface area contributed by atoms with Crippen molar-refractivity contribution in [2.75, 3.05) is 5.73 Å². The first-order chi connectivity index (χ1) is 15.5. The van der Waals surface area contributed by atoms with Crippen molar-refractivity contribution in [2.45, 2.75) is 13.1 Å². The Morgan fingerprint density at radius 1 is 1.09 bits per heavy atom. The van der Waals surface area contributed by atoms with E-state index in [9.17, 15) is 4.79 Å². The molecule has 160 valence electrons. The van der Waals surface area contributed by atoms with Gasteiger partial charge >= 0.3 is 0 Å². The molecule has 0 radical (unpaired) electrons. The predicted molar refractivity (Wildman–Crippen MR) is 125 cm³/mol. The van der Waals surface area contributed by atoms with E-state index >= 15 is 0 Å². The lowest BCUT2D eigenvalue weighted by Crippen LogP contribution is -2.22. The number of halogens is 2. The predicted octanol–water partition coefficient (Wildman–Crippen LogP) is 4.17. The average molecular weight is 466 g/mol. The van der Waals surface area contributed by atoms with Gasteiger partial charge in [0.05, 0.1) is 24.9 Å². The molecule has 10 heteroatoms. The summed E-state index contributed by atoms with van der Waals surface area (Å²) in [5, 5.41) is 4.97. The number of anilines is 1. The van der Waals surface area contributed by atoms with Gasteiger partial charge in [0.15, 0.2) is 11.5 Å². The number of amides is 1. The van der Waals surface area contributed by atoms with E-state index in [4.69, 9.17) is 28.9 Å². The van der Waals surface area contributed by atoms with Crippen molar-refractivity contribution in [3.8, 4) is 0 Å². The number of rotatable bonds is 5. The fraction of sp³-hybridized carbons (Fsp3) is 0.0909. The monoisotopic (exact) mass is 465 g/mol. The largest absolute Gasteiger partial charge is 0.382 e. The van der Waals surface area contributed by atoms with Crippen LogP contribution in [0.4, 0.5) is 5.82 Å². The van der Waals surface area contributed by atoms with Crippen molar-refractivity contribution in [1.82, 2.24) is 29.8 Å². The van der Waals surface area contributed by atoms with E-state index in [0.717, 1.165) is 22.2 Å². The lowest BCUT2D eigenvalue weighted by molar-refractivity contribution is 0.0950. The molecule has 0 fully saturated rings. The Morgan fingerprint density at radius 3 is 2.81 bits per heavy atom. The van der Waals surface area contributed by atoms with Crippen molar-refractivity contribution >= 4 is 57.0 Å². The first kappa shape index (κ1) is 20.3. The first-order valence-corrected chi connectivity index (χ1v) is 10.5. The Morgan fingerprint density at radius 2 is 1.97 bits per heavy atom. The minimum atomic E-state index is -0.202. The standard InChI is InChI=1S/C22H17Cl2N7O/c23-15-3-1-2-12(4-15)22(32)26-8-17-7-13-5-16(24)6-14(18(13)30-17)9-31-11-29-19-20(25)27-10-28-21(19)31/h1-7,10-11,30H,8-9H2,(H,26,32)(H2,25,27,28). The summed E-state index contributed by atoms with van der Waals surface area (Å²) < 4.78 is 1.89. The zero-order valence-corrected chi connectivity index (χ0v) is 18.2. The summed E-state index contributed by atoms with van der Waals surface area (Å²) >= 11 is 12.3. The number of nitrogens with two attached hydrogens (primary N) is 1. The molecule has 0 aliphatic rings. The summed E-state index contributed by atoms with van der Waals surface area (Å²) in [6.07, 6.45) is 3.09. The Balaban J connectivity index is 1.42. The molecule has 0 saturated heterocycles. The Bertz CT molecular complexity index is 1470. The molecular formula is C22H17Cl2N7O. The highest BCUT2D eigenvalue weighted by Gasteiger charge is 2.13. The summed E-state index contributed by atoms with van der Waals surface area (Å²) in [7, 11) is 0. The molecule has 5 aromatic rings. The molecule has 32 heavy (non-hydrogen) atoms. The third-order valence-electron chi connectivity index (χ3n) is 5.13. The van der Waals surface area contributed by atoms with E-state index in [1.54, 1.807) is 30.6 Å². The second-order valence-corrected chi connectivity index (χ2v) is 8.19. The molecule has 1 amide bonds. The maximum absolute atomic E-state index is 12.4. The van der Waals surface area contributed by atoms with Crippen LogP contribution in [0.2, 0.25) is 10.0 Å². The fourth-order valence-electron chi connectivity index (χ4n) is 3.66. The normalized spacial score (nSPS) is 11.3. The minimum absolute atomic E-state index is 0.202. The van der Waals surface area contributed by atoms with Gasteiger partial charge in [-0.2, -0.15) is 0 Å². The first-order valence-electron chi connectivity index (χ1n) is 9.73. The fourth-order valence-corrected chi connectivity index (χ4v) is 4.10. The lowest BCUT2D eigenvalue weighted by Gasteiger charge is -2.07. The van der Waals surface area contributed by atoms with E-state index in [2.05, 4.69) is 25.3 Å². The Labute approximate surface area is 192 Å². The number of H-pyrrole nitrogens is 1. The van der Waals surface area contributed by atoms with Gasteiger partial charge in [0, 0.05) is 26.7 Å². The van der Waals surface area contributed by atoms with Crippen LogP contribution >= 0.6 is 23.2 Å². The van der Waals surface area contributed by atoms with Crippen molar-refractivity contribution in [3.05, 3.63) is 82.0 Å². The third-order valence-corrected chi connectivity index (χ3v) is 5.58. The highest BCUT2D eigenvalue weighted by atomic mass is 35.5. The van der Waals surface area contributed by atoms with Crippen LogP contribution in [0.15, 0.2) is 55.1 Å². The van der Waals surface area contributed by atoms with Gasteiger partial charge in [0.25, 0.3) is 5.91 Å². The molecule has 5 rings (SSSR count). The zero-order chi connectivity index (χ0) is 22.2. The smallest absolute Gasteiger partial charge is 0.251 e. The summed E-state index contributed by atoms with van der Waals surface area (Å²) in [6.45, 7) is 0.813. The molecule has 8 nitrogen and oxygen atoms in total. The number of aromatic nitrogens is 5. The van der Waals surface area contributed by atoms with Gasteiger partial charge in [0.1, 0.15) is 11.8 Å².